The third kappa shape index (κ3) is 4.61. The quantitative estimate of drug-likeness (QED) is 0.508. The molecule has 2 aromatic carbocycles. The van der Waals surface area contributed by atoms with E-state index in [4.69, 9.17) is 9.47 Å². The number of hydrogen-bond donors (Lipinski definition) is 1. The molecule has 30 heavy (non-hydrogen) atoms. The Morgan fingerprint density at radius 3 is 2.70 bits per heavy atom. The molecule has 0 aliphatic heterocycles. The van der Waals surface area contributed by atoms with Crippen LogP contribution in [0.3, 0.4) is 0 Å². The van der Waals surface area contributed by atoms with E-state index in [0.29, 0.717) is 28.9 Å². The van der Waals surface area contributed by atoms with Crippen molar-refractivity contribution in [1.29, 1.82) is 0 Å². The molecule has 0 radical (unpaired) electrons. The number of methoxy groups -OCH3 is 1. The number of nitrogens with one attached hydrogen (secondary N) is 1. The molecule has 0 saturated heterocycles. The molecule has 0 unspecified atom stereocenters. The molecular weight excluding hydrogens is 382 g/mol. The van der Waals surface area contributed by atoms with E-state index in [0.717, 1.165) is 5.56 Å². The van der Waals surface area contributed by atoms with Gasteiger partial charge >= 0.3 is 0 Å². The van der Waals surface area contributed by atoms with Gasteiger partial charge in [-0.15, -0.1) is 0 Å². The summed E-state index contributed by atoms with van der Waals surface area (Å²) in [4.78, 5) is 24.7. The van der Waals surface area contributed by atoms with Crippen LogP contribution in [0, 0.1) is 0 Å². The summed E-state index contributed by atoms with van der Waals surface area (Å²) in [7, 11) is 1.59. The van der Waals surface area contributed by atoms with Gasteiger partial charge in [0.1, 0.15) is 30.0 Å². The zero-order valence-corrected chi connectivity index (χ0v) is 16.2. The minimum absolute atomic E-state index is 0.131. The van der Waals surface area contributed by atoms with Crippen LogP contribution in [0.5, 0.6) is 17.4 Å². The van der Waals surface area contributed by atoms with E-state index in [2.05, 4.69) is 20.3 Å². The number of rotatable bonds is 7. The molecule has 1 N–H and O–H groups in total. The second-order valence-electron chi connectivity index (χ2n) is 6.35. The highest BCUT2D eigenvalue weighted by Crippen LogP contribution is 2.23. The number of ether oxygens (including phenoxy) is 2. The number of benzene rings is 2. The van der Waals surface area contributed by atoms with Gasteiger partial charge in [0.2, 0.25) is 11.8 Å². The van der Waals surface area contributed by atoms with E-state index in [1.54, 1.807) is 60.7 Å². The number of nitrogens with zero attached hydrogens (tertiary/aromatic N) is 4. The van der Waals surface area contributed by atoms with Crippen molar-refractivity contribution in [3.8, 4) is 23.2 Å². The van der Waals surface area contributed by atoms with Gasteiger partial charge in [-0.3, -0.25) is 9.36 Å². The summed E-state index contributed by atoms with van der Waals surface area (Å²) < 4.78 is 12.8. The second-order valence-corrected chi connectivity index (χ2v) is 6.35. The van der Waals surface area contributed by atoms with E-state index < -0.39 is 0 Å². The Hall–Kier alpha value is -4.20. The second kappa shape index (κ2) is 8.87. The number of imidazole rings is 1. The van der Waals surface area contributed by atoms with Crippen molar-refractivity contribution in [2.45, 2.75) is 6.42 Å². The first-order chi connectivity index (χ1) is 14.7. The van der Waals surface area contributed by atoms with Gasteiger partial charge in [0.05, 0.1) is 13.5 Å². The van der Waals surface area contributed by atoms with Crippen LogP contribution >= 0.6 is 0 Å². The Bertz CT molecular complexity index is 1130. The molecule has 0 aliphatic rings. The van der Waals surface area contributed by atoms with Gasteiger partial charge in [-0.2, -0.15) is 0 Å². The minimum Gasteiger partial charge on any atom is -0.496 e. The monoisotopic (exact) mass is 401 g/mol. The minimum atomic E-state index is -0.131. The van der Waals surface area contributed by atoms with E-state index in [-0.39, 0.29) is 12.3 Å². The summed E-state index contributed by atoms with van der Waals surface area (Å²) >= 11 is 0. The summed E-state index contributed by atoms with van der Waals surface area (Å²) in [6, 6.07) is 16.2. The normalized spacial score (nSPS) is 10.4. The van der Waals surface area contributed by atoms with E-state index in [1.807, 2.05) is 24.3 Å². The SMILES string of the molecule is COc1ccccc1CC(=O)Nc1ccc(Oc2cc(-n3ccnc3)ncn2)cc1. The number of carbonyl (C=O) groups excluding carboxylic acids is 1. The number of carbonyl (C=O) groups is 1. The maximum absolute atomic E-state index is 12.4. The molecule has 150 valence electrons. The van der Waals surface area contributed by atoms with Crippen LogP contribution in [0.4, 0.5) is 5.69 Å². The lowest BCUT2D eigenvalue weighted by Gasteiger charge is -2.10. The Labute approximate surface area is 173 Å². The van der Waals surface area contributed by atoms with Gasteiger partial charge in [0, 0.05) is 29.7 Å². The zero-order chi connectivity index (χ0) is 20.8. The predicted octanol–water partition coefficient (Wildman–Crippen LogP) is 3.64. The van der Waals surface area contributed by atoms with Crippen molar-refractivity contribution in [3.05, 3.63) is 85.2 Å². The Balaban J connectivity index is 1.38. The Morgan fingerprint density at radius 2 is 1.93 bits per heavy atom. The van der Waals surface area contributed by atoms with Crippen LogP contribution in [0.1, 0.15) is 5.56 Å². The molecule has 8 heteroatoms. The molecule has 4 rings (SSSR count). The first kappa shape index (κ1) is 19.1. The van der Waals surface area contributed by atoms with Gasteiger partial charge in [0.15, 0.2) is 0 Å². The van der Waals surface area contributed by atoms with Crippen molar-refractivity contribution in [3.63, 3.8) is 0 Å². The van der Waals surface area contributed by atoms with Crippen molar-refractivity contribution >= 4 is 11.6 Å². The average Bonchev–Trinajstić information content (AvgIpc) is 3.31. The lowest BCUT2D eigenvalue weighted by molar-refractivity contribution is -0.115. The summed E-state index contributed by atoms with van der Waals surface area (Å²) in [5.41, 5.74) is 1.50. The molecule has 0 spiro atoms. The zero-order valence-electron chi connectivity index (χ0n) is 16.2. The molecule has 1 amide bonds. The van der Waals surface area contributed by atoms with E-state index in [1.165, 1.54) is 6.33 Å². The number of hydrogen-bond acceptors (Lipinski definition) is 6. The fourth-order valence-corrected chi connectivity index (χ4v) is 2.88. The summed E-state index contributed by atoms with van der Waals surface area (Å²) in [5, 5.41) is 2.87. The molecule has 0 aliphatic carbocycles. The van der Waals surface area contributed by atoms with Crippen molar-refractivity contribution < 1.29 is 14.3 Å². The topological polar surface area (TPSA) is 91.2 Å². The van der Waals surface area contributed by atoms with Crippen LogP contribution in [-0.4, -0.2) is 32.5 Å². The maximum atomic E-state index is 12.4. The number of amides is 1. The lowest BCUT2D eigenvalue weighted by Crippen LogP contribution is -2.14. The average molecular weight is 401 g/mol. The van der Waals surface area contributed by atoms with Crippen LogP contribution in [0.15, 0.2) is 79.6 Å². The summed E-state index contributed by atoms with van der Waals surface area (Å²) in [6.45, 7) is 0. The summed E-state index contributed by atoms with van der Waals surface area (Å²) in [6.07, 6.45) is 6.75. The standard InChI is InChI=1S/C22H19N5O3/c1-29-19-5-3-2-4-16(19)12-21(28)26-17-6-8-18(9-7-17)30-22-13-20(24-14-25-22)27-11-10-23-15-27/h2-11,13-15H,12H2,1H3,(H,26,28). The first-order valence-corrected chi connectivity index (χ1v) is 9.21. The van der Waals surface area contributed by atoms with Crippen LogP contribution in [0.2, 0.25) is 0 Å². The molecule has 0 bridgehead atoms. The number of para-hydroxylation sites is 1. The third-order valence-corrected chi connectivity index (χ3v) is 4.30. The molecule has 0 saturated carbocycles. The summed E-state index contributed by atoms with van der Waals surface area (Å²) in [5.74, 6) is 2.21. The lowest BCUT2D eigenvalue weighted by atomic mass is 10.1. The highest BCUT2D eigenvalue weighted by Gasteiger charge is 2.09. The maximum Gasteiger partial charge on any atom is 0.228 e. The first-order valence-electron chi connectivity index (χ1n) is 9.21. The predicted molar refractivity (Wildman–Crippen MR) is 111 cm³/mol. The fraction of sp³-hybridized carbons (Fsp3) is 0.0909. The highest BCUT2D eigenvalue weighted by atomic mass is 16.5. The van der Waals surface area contributed by atoms with Gasteiger partial charge in [-0.05, 0) is 30.3 Å². The van der Waals surface area contributed by atoms with E-state index >= 15 is 0 Å². The Morgan fingerprint density at radius 1 is 1.10 bits per heavy atom. The van der Waals surface area contributed by atoms with Crippen molar-refractivity contribution in [2.24, 2.45) is 0 Å². The smallest absolute Gasteiger partial charge is 0.228 e. The van der Waals surface area contributed by atoms with E-state index in [9.17, 15) is 4.79 Å². The van der Waals surface area contributed by atoms with Gasteiger partial charge < -0.3 is 14.8 Å². The molecule has 2 heterocycles. The molecule has 8 nitrogen and oxygen atoms in total. The van der Waals surface area contributed by atoms with Crippen LogP contribution in [-0.2, 0) is 11.2 Å². The van der Waals surface area contributed by atoms with Gasteiger partial charge in [-0.25, -0.2) is 15.0 Å². The third-order valence-electron chi connectivity index (χ3n) is 4.30. The van der Waals surface area contributed by atoms with Crippen LogP contribution < -0.4 is 14.8 Å². The Kier molecular flexibility index (Phi) is 5.66. The van der Waals surface area contributed by atoms with Crippen LogP contribution in [0.25, 0.3) is 5.82 Å². The van der Waals surface area contributed by atoms with Crippen molar-refractivity contribution in [1.82, 2.24) is 19.5 Å². The largest absolute Gasteiger partial charge is 0.496 e. The number of aromatic nitrogens is 4. The van der Waals surface area contributed by atoms with Gasteiger partial charge in [0.25, 0.3) is 0 Å². The molecule has 2 aromatic heterocycles. The molecule has 0 atom stereocenters. The molecular formula is C22H19N5O3. The highest BCUT2D eigenvalue weighted by molar-refractivity contribution is 5.92. The fourth-order valence-electron chi connectivity index (χ4n) is 2.88. The molecule has 0 fully saturated rings. The molecule has 4 aromatic rings. The van der Waals surface area contributed by atoms with Crippen molar-refractivity contribution in [2.75, 3.05) is 12.4 Å². The number of anilines is 1. The van der Waals surface area contributed by atoms with Gasteiger partial charge in [-0.1, -0.05) is 18.2 Å².